The predicted octanol–water partition coefficient (Wildman–Crippen LogP) is 3.51. The molecule has 2 unspecified atom stereocenters. The van der Waals surface area contributed by atoms with E-state index in [0.29, 0.717) is 34.0 Å². The molecule has 4 heterocycles. The van der Waals surface area contributed by atoms with Crippen LogP contribution in [0.4, 0.5) is 15.0 Å². The van der Waals surface area contributed by atoms with Gasteiger partial charge in [0, 0.05) is 30.1 Å². The van der Waals surface area contributed by atoms with E-state index in [1.165, 1.54) is 18.5 Å². The molecule has 0 spiro atoms. The van der Waals surface area contributed by atoms with Crippen molar-refractivity contribution in [2.45, 2.75) is 31.3 Å². The summed E-state index contributed by atoms with van der Waals surface area (Å²) in [6, 6.07) is 0.703. The number of urea groups is 1. The number of hydrogen-bond donors (Lipinski definition) is 2. The molecule has 0 saturated carbocycles. The topological polar surface area (TPSA) is 78.1 Å². The van der Waals surface area contributed by atoms with Crippen LogP contribution in [0, 0.1) is 5.82 Å². The van der Waals surface area contributed by atoms with Gasteiger partial charge in [-0.25, -0.2) is 14.2 Å². The number of carbonyl (C=O) groups excluding carboxylic acids is 1. The largest absolute Gasteiger partial charge is 0.326 e. The lowest BCUT2D eigenvalue weighted by atomic mass is 9.95. The average molecular weight is 383 g/mol. The monoisotopic (exact) mass is 382 g/mol. The number of aromatic amines is 1. The molecule has 2 aliphatic rings. The van der Waals surface area contributed by atoms with Gasteiger partial charge >= 0.3 is 6.03 Å². The zero-order valence-corrected chi connectivity index (χ0v) is 14.4. The summed E-state index contributed by atoms with van der Waals surface area (Å²) in [7, 11) is 0. The number of carbonyl (C=O) groups is 1. The van der Waals surface area contributed by atoms with Gasteiger partial charge in [0.2, 0.25) is 0 Å². The molecule has 2 aromatic rings. The van der Waals surface area contributed by atoms with E-state index in [-0.39, 0.29) is 23.9 Å². The number of nitrogens with one attached hydrogen (secondary N) is 2. The lowest BCUT2D eigenvalue weighted by molar-refractivity contribution is 0.178. The molecule has 4 rings (SSSR count). The molecule has 2 aromatic heterocycles. The maximum Gasteiger partial charge on any atom is 0.323 e. The highest BCUT2D eigenvalue weighted by molar-refractivity contribution is 6.42. The Kier molecular flexibility index (Phi) is 3.92. The van der Waals surface area contributed by atoms with Crippen LogP contribution in [-0.4, -0.2) is 26.9 Å². The fourth-order valence-electron chi connectivity index (χ4n) is 3.65. The Hall–Kier alpha value is -2.12. The zero-order chi connectivity index (χ0) is 17.7. The molecule has 9 heteroatoms. The van der Waals surface area contributed by atoms with E-state index in [1.807, 2.05) is 0 Å². The number of hydrogen-bond acceptors (Lipinski definition) is 3. The van der Waals surface area contributed by atoms with Gasteiger partial charge in [-0.2, -0.15) is 0 Å². The standard InChI is InChI=1S/C16H13Cl2FN4O2/c17-10-4-13(20-6-11(10)18)22-16(25)23-7-1-2-12(23)9-5-21-15(24)14(19)8(9)3-7/h4-7,12H,1-3H2,(H,21,24)(H,20,22,25). The van der Waals surface area contributed by atoms with Crippen molar-refractivity contribution in [1.82, 2.24) is 14.9 Å². The Morgan fingerprint density at radius 1 is 1.36 bits per heavy atom. The second kappa shape index (κ2) is 6.00. The van der Waals surface area contributed by atoms with E-state index in [1.54, 1.807) is 4.90 Å². The minimum absolute atomic E-state index is 0.156. The second-order valence-corrected chi connectivity index (χ2v) is 6.95. The molecular formula is C16H13Cl2FN4O2. The van der Waals surface area contributed by atoms with Crippen LogP contribution < -0.4 is 10.9 Å². The Labute approximate surface area is 152 Å². The molecule has 2 amide bonds. The molecule has 25 heavy (non-hydrogen) atoms. The highest BCUT2D eigenvalue weighted by Crippen LogP contribution is 2.43. The minimum atomic E-state index is -0.749. The minimum Gasteiger partial charge on any atom is -0.326 e. The molecule has 130 valence electrons. The van der Waals surface area contributed by atoms with E-state index >= 15 is 0 Å². The van der Waals surface area contributed by atoms with E-state index < -0.39 is 11.4 Å². The molecule has 2 N–H and O–H groups in total. The summed E-state index contributed by atoms with van der Waals surface area (Å²) in [4.78, 5) is 32.3. The molecule has 2 aliphatic heterocycles. The second-order valence-electron chi connectivity index (χ2n) is 6.14. The highest BCUT2D eigenvalue weighted by Gasteiger charge is 2.44. The first-order valence-electron chi connectivity index (χ1n) is 7.76. The summed E-state index contributed by atoms with van der Waals surface area (Å²) in [5.74, 6) is -0.460. The summed E-state index contributed by atoms with van der Waals surface area (Å²) in [5, 5.41) is 3.29. The molecule has 1 fully saturated rings. The number of H-pyrrole nitrogens is 1. The van der Waals surface area contributed by atoms with Gasteiger partial charge in [-0.1, -0.05) is 23.2 Å². The first kappa shape index (κ1) is 16.4. The fraction of sp³-hybridized carbons (Fsp3) is 0.312. The Balaban J connectivity index is 1.63. The van der Waals surface area contributed by atoms with Crippen molar-refractivity contribution in [1.29, 1.82) is 0 Å². The number of pyridine rings is 2. The summed E-state index contributed by atoms with van der Waals surface area (Å²) >= 11 is 11.8. The van der Waals surface area contributed by atoms with Crippen LogP contribution in [0.3, 0.4) is 0 Å². The summed E-state index contributed by atoms with van der Waals surface area (Å²) < 4.78 is 14.1. The van der Waals surface area contributed by atoms with Gasteiger partial charge in [0.05, 0.1) is 16.1 Å². The molecule has 0 radical (unpaired) electrons. The summed E-state index contributed by atoms with van der Waals surface area (Å²) in [6.45, 7) is 0. The first-order chi connectivity index (χ1) is 12.0. The average Bonchev–Trinajstić information content (AvgIpc) is 2.90. The number of fused-ring (bicyclic) bond motifs is 4. The van der Waals surface area contributed by atoms with Crippen molar-refractivity contribution >= 4 is 35.1 Å². The Morgan fingerprint density at radius 3 is 2.92 bits per heavy atom. The van der Waals surface area contributed by atoms with E-state index in [2.05, 4.69) is 15.3 Å². The van der Waals surface area contributed by atoms with Gasteiger partial charge in [-0.15, -0.1) is 0 Å². The Bertz CT molecular complexity index is 933. The number of anilines is 1. The third-order valence-corrected chi connectivity index (χ3v) is 5.46. The van der Waals surface area contributed by atoms with Crippen molar-refractivity contribution in [3.8, 4) is 0 Å². The lowest BCUT2D eigenvalue weighted by Gasteiger charge is -2.36. The van der Waals surface area contributed by atoms with Crippen molar-refractivity contribution in [3.63, 3.8) is 0 Å². The van der Waals surface area contributed by atoms with Crippen molar-refractivity contribution in [2.24, 2.45) is 0 Å². The van der Waals surface area contributed by atoms with Crippen LogP contribution in [0.5, 0.6) is 0 Å². The molecule has 6 nitrogen and oxygen atoms in total. The smallest absolute Gasteiger partial charge is 0.323 e. The fourth-order valence-corrected chi connectivity index (χ4v) is 3.91. The van der Waals surface area contributed by atoms with Crippen molar-refractivity contribution < 1.29 is 9.18 Å². The van der Waals surface area contributed by atoms with Gasteiger partial charge < -0.3 is 9.88 Å². The summed E-state index contributed by atoms with van der Waals surface area (Å²) in [6.07, 6.45) is 4.65. The SMILES string of the molecule is O=C(Nc1cc(Cl)c(Cl)cn1)N1C2CCC1c1c[nH]c(=O)c(F)c1C2. The number of halogens is 3. The number of amides is 2. The molecular weight excluding hydrogens is 370 g/mol. The number of nitrogens with zero attached hydrogens (tertiary/aromatic N) is 2. The van der Waals surface area contributed by atoms with Crippen molar-refractivity contribution in [2.75, 3.05) is 5.32 Å². The molecule has 2 bridgehead atoms. The van der Waals surface area contributed by atoms with Crippen LogP contribution in [0.25, 0.3) is 0 Å². The quantitative estimate of drug-likeness (QED) is 0.791. The van der Waals surface area contributed by atoms with Crippen LogP contribution >= 0.6 is 23.2 Å². The van der Waals surface area contributed by atoms with Gasteiger partial charge in [-0.05, 0) is 24.8 Å². The van der Waals surface area contributed by atoms with E-state index in [9.17, 15) is 14.0 Å². The zero-order valence-electron chi connectivity index (χ0n) is 12.9. The maximum absolute atomic E-state index is 14.1. The van der Waals surface area contributed by atoms with E-state index in [0.717, 1.165) is 6.42 Å². The van der Waals surface area contributed by atoms with Gasteiger partial charge in [0.1, 0.15) is 5.82 Å². The van der Waals surface area contributed by atoms with Crippen molar-refractivity contribution in [3.05, 3.63) is 55.8 Å². The maximum atomic E-state index is 14.1. The highest BCUT2D eigenvalue weighted by atomic mass is 35.5. The van der Waals surface area contributed by atoms with Crippen LogP contribution in [0.15, 0.2) is 23.3 Å². The molecule has 0 aliphatic carbocycles. The molecule has 1 saturated heterocycles. The van der Waals surface area contributed by atoms with Gasteiger partial charge in [0.15, 0.2) is 5.82 Å². The first-order valence-corrected chi connectivity index (χ1v) is 8.51. The summed E-state index contributed by atoms with van der Waals surface area (Å²) in [5.41, 5.74) is 0.340. The van der Waals surface area contributed by atoms with E-state index in [4.69, 9.17) is 23.2 Å². The molecule has 0 aromatic carbocycles. The number of aromatic nitrogens is 2. The van der Waals surface area contributed by atoms with Crippen LogP contribution in [-0.2, 0) is 6.42 Å². The van der Waals surface area contributed by atoms with Crippen LogP contribution in [0.1, 0.15) is 30.0 Å². The third kappa shape index (κ3) is 2.67. The third-order valence-electron chi connectivity index (χ3n) is 4.75. The van der Waals surface area contributed by atoms with Crippen LogP contribution in [0.2, 0.25) is 10.0 Å². The van der Waals surface area contributed by atoms with Gasteiger partial charge in [0.25, 0.3) is 5.56 Å². The molecule has 2 atom stereocenters. The predicted molar refractivity (Wildman–Crippen MR) is 91.6 cm³/mol. The normalized spacial score (nSPS) is 21.2. The Morgan fingerprint density at radius 2 is 2.16 bits per heavy atom. The lowest BCUT2D eigenvalue weighted by Crippen LogP contribution is -2.45. The number of rotatable bonds is 1. The van der Waals surface area contributed by atoms with Gasteiger partial charge in [-0.3, -0.25) is 10.1 Å².